The molecule has 0 aromatic heterocycles. The number of ether oxygens (including phenoxy) is 4. The topological polar surface area (TPSA) is 97.9 Å². The number of rotatable bonds is 3. The van der Waals surface area contributed by atoms with Crippen molar-refractivity contribution in [1.82, 2.24) is 0 Å². The van der Waals surface area contributed by atoms with E-state index in [4.69, 9.17) is 18.9 Å². The molecule has 0 aromatic carbocycles. The quantitative estimate of drug-likeness (QED) is 0.452. The normalized spacial score (nSPS) is 43.3. The van der Waals surface area contributed by atoms with Crippen LogP contribution in [-0.4, -0.2) is 59.3 Å². The van der Waals surface area contributed by atoms with Crippen LogP contribution in [0.2, 0.25) is 0 Å². The molecule has 148 valence electrons. The van der Waals surface area contributed by atoms with Gasteiger partial charge < -0.3 is 24.1 Å². The van der Waals surface area contributed by atoms with Crippen molar-refractivity contribution in [2.45, 2.75) is 82.6 Å². The monoisotopic (exact) mass is 378 g/mol. The number of aliphatic hydroxyl groups excluding tert-OH is 1. The van der Waals surface area contributed by atoms with Crippen molar-refractivity contribution in [3.05, 3.63) is 22.8 Å². The van der Waals surface area contributed by atoms with Crippen molar-refractivity contribution in [2.24, 2.45) is 0 Å². The summed E-state index contributed by atoms with van der Waals surface area (Å²) >= 11 is 0. The minimum absolute atomic E-state index is 0.0657. The van der Waals surface area contributed by atoms with E-state index in [0.29, 0.717) is 17.6 Å². The summed E-state index contributed by atoms with van der Waals surface area (Å²) in [4.78, 5) is 24.8. The number of epoxide rings is 2. The van der Waals surface area contributed by atoms with Gasteiger partial charge in [-0.25, -0.2) is 9.59 Å². The lowest BCUT2D eigenvalue weighted by molar-refractivity contribution is -0.144. The maximum absolute atomic E-state index is 12.5. The molecule has 3 heterocycles. The van der Waals surface area contributed by atoms with E-state index in [9.17, 15) is 14.7 Å². The minimum atomic E-state index is -0.715. The highest BCUT2D eigenvalue weighted by atomic mass is 16.7. The summed E-state index contributed by atoms with van der Waals surface area (Å²) in [6, 6.07) is 0. The smallest absolute Gasteiger partial charge is 0.337 e. The van der Waals surface area contributed by atoms with Crippen LogP contribution in [0.25, 0.3) is 0 Å². The fourth-order valence-electron chi connectivity index (χ4n) is 4.31. The molecular weight excluding hydrogens is 352 g/mol. The molecule has 0 bridgehead atoms. The third-order valence-electron chi connectivity index (χ3n) is 6.39. The fraction of sp³-hybridized carbons (Fsp3) is 0.700. The van der Waals surface area contributed by atoms with E-state index in [2.05, 4.69) is 0 Å². The van der Waals surface area contributed by atoms with E-state index < -0.39 is 42.0 Å². The molecule has 4 rings (SSSR count). The van der Waals surface area contributed by atoms with Gasteiger partial charge in [-0.15, -0.1) is 0 Å². The van der Waals surface area contributed by atoms with Crippen molar-refractivity contribution < 1.29 is 33.6 Å². The molecule has 2 saturated heterocycles. The van der Waals surface area contributed by atoms with Gasteiger partial charge in [0.15, 0.2) is 6.10 Å². The fourth-order valence-corrected chi connectivity index (χ4v) is 4.31. The van der Waals surface area contributed by atoms with Gasteiger partial charge in [-0.05, 0) is 40.5 Å². The maximum Gasteiger partial charge on any atom is 0.337 e. The number of hydrogen-bond acceptors (Lipinski definition) is 7. The Hall–Kier alpha value is -1.70. The third kappa shape index (κ3) is 3.02. The summed E-state index contributed by atoms with van der Waals surface area (Å²) in [5, 5.41) is 9.79. The molecule has 1 saturated carbocycles. The molecule has 3 aliphatic heterocycles. The number of allylic oxidation sites excluding steroid dienone is 1. The number of hydrogen-bond donors (Lipinski definition) is 1. The van der Waals surface area contributed by atoms with Crippen molar-refractivity contribution in [3.63, 3.8) is 0 Å². The van der Waals surface area contributed by atoms with Crippen LogP contribution >= 0.6 is 0 Å². The van der Waals surface area contributed by atoms with Gasteiger partial charge >= 0.3 is 11.9 Å². The second kappa shape index (κ2) is 6.15. The molecule has 0 amide bonds. The Morgan fingerprint density at radius 1 is 1.33 bits per heavy atom. The number of aliphatic hydroxyl groups is 1. The first-order valence-electron chi connectivity index (χ1n) is 9.46. The summed E-state index contributed by atoms with van der Waals surface area (Å²) in [6.07, 6.45) is 2.14. The molecule has 27 heavy (non-hydrogen) atoms. The standard InChI is InChI=1S/C20H26O7/c1-5-10(2)17(22)24-12-8-20(4)13(26-20)6-7-19(3)16(27-19)15-14(12)11(9-21)18(23)25-15/h5,12-13,15-16,21H,6-9H2,1-4H3/b10-5+/t12-,13+,15-,16+,19+,20+/m0/s1. The molecule has 0 spiro atoms. The summed E-state index contributed by atoms with van der Waals surface area (Å²) in [5.74, 6) is -1.03. The van der Waals surface area contributed by atoms with Gasteiger partial charge in [-0.1, -0.05) is 6.08 Å². The first kappa shape index (κ1) is 18.7. The number of carbonyl (C=O) groups excluding carboxylic acids is 2. The van der Waals surface area contributed by atoms with Gasteiger partial charge in [0, 0.05) is 17.6 Å². The SMILES string of the molecule is C/C=C(\C)C(=O)O[C@H]1C[C@@]2(C)O[C@@H]2CC[C@@]2(C)O[C@@H]2[C@H]2OC(=O)C(CO)=C12. The predicted octanol–water partition coefficient (Wildman–Crippen LogP) is 1.58. The largest absolute Gasteiger partial charge is 0.454 e. The van der Waals surface area contributed by atoms with Crippen LogP contribution in [0.4, 0.5) is 0 Å². The summed E-state index contributed by atoms with van der Waals surface area (Å²) in [7, 11) is 0. The zero-order chi connectivity index (χ0) is 19.6. The second-order valence-electron chi connectivity index (χ2n) is 8.30. The first-order chi connectivity index (χ1) is 12.7. The van der Waals surface area contributed by atoms with E-state index in [1.807, 2.05) is 13.8 Å². The van der Waals surface area contributed by atoms with Gasteiger partial charge in [-0.2, -0.15) is 0 Å². The van der Waals surface area contributed by atoms with Crippen LogP contribution in [0.15, 0.2) is 22.8 Å². The Labute approximate surface area is 158 Å². The van der Waals surface area contributed by atoms with E-state index in [1.54, 1.807) is 19.9 Å². The number of fused-ring (bicyclic) bond motifs is 4. The van der Waals surface area contributed by atoms with Gasteiger partial charge in [0.25, 0.3) is 0 Å². The Morgan fingerprint density at radius 3 is 2.74 bits per heavy atom. The van der Waals surface area contributed by atoms with E-state index in [-0.39, 0.29) is 17.8 Å². The third-order valence-corrected chi connectivity index (χ3v) is 6.39. The minimum Gasteiger partial charge on any atom is -0.454 e. The van der Waals surface area contributed by atoms with Gasteiger partial charge in [-0.3, -0.25) is 0 Å². The van der Waals surface area contributed by atoms with Crippen LogP contribution in [0.5, 0.6) is 0 Å². The molecule has 1 N–H and O–H groups in total. The highest BCUT2D eigenvalue weighted by Gasteiger charge is 2.65. The zero-order valence-electron chi connectivity index (χ0n) is 16.1. The Bertz CT molecular complexity index is 753. The average molecular weight is 378 g/mol. The van der Waals surface area contributed by atoms with Gasteiger partial charge in [0.2, 0.25) is 0 Å². The van der Waals surface area contributed by atoms with E-state index >= 15 is 0 Å². The zero-order valence-corrected chi connectivity index (χ0v) is 16.1. The summed E-state index contributed by atoms with van der Waals surface area (Å²) < 4.78 is 23.2. The Morgan fingerprint density at radius 2 is 2.07 bits per heavy atom. The summed E-state index contributed by atoms with van der Waals surface area (Å²) in [5.41, 5.74) is 0.322. The lowest BCUT2D eigenvalue weighted by atomic mass is 9.83. The Kier molecular flexibility index (Phi) is 4.25. The lowest BCUT2D eigenvalue weighted by Crippen LogP contribution is -2.36. The van der Waals surface area contributed by atoms with Crippen LogP contribution in [0, 0.1) is 0 Å². The lowest BCUT2D eigenvalue weighted by Gasteiger charge is -2.26. The highest BCUT2D eigenvalue weighted by Crippen LogP contribution is 2.54. The van der Waals surface area contributed by atoms with Crippen molar-refractivity contribution in [1.29, 1.82) is 0 Å². The number of carbonyl (C=O) groups is 2. The molecule has 3 fully saturated rings. The molecule has 4 aliphatic rings. The maximum atomic E-state index is 12.5. The molecule has 6 atom stereocenters. The number of esters is 2. The molecule has 1 aliphatic carbocycles. The van der Waals surface area contributed by atoms with Crippen molar-refractivity contribution in [3.8, 4) is 0 Å². The van der Waals surface area contributed by atoms with Crippen molar-refractivity contribution >= 4 is 11.9 Å². The van der Waals surface area contributed by atoms with E-state index in [1.165, 1.54) is 0 Å². The molecule has 0 unspecified atom stereocenters. The molecular formula is C20H26O7. The molecule has 7 nitrogen and oxygen atoms in total. The first-order valence-corrected chi connectivity index (χ1v) is 9.46. The van der Waals surface area contributed by atoms with Crippen LogP contribution in [0.3, 0.4) is 0 Å². The molecule has 7 heteroatoms. The van der Waals surface area contributed by atoms with E-state index in [0.717, 1.165) is 12.8 Å². The average Bonchev–Trinajstić information content (AvgIpc) is 3.44. The molecule has 0 radical (unpaired) electrons. The summed E-state index contributed by atoms with van der Waals surface area (Å²) in [6.45, 7) is 6.95. The molecule has 0 aromatic rings. The van der Waals surface area contributed by atoms with Crippen molar-refractivity contribution in [2.75, 3.05) is 6.61 Å². The van der Waals surface area contributed by atoms with Gasteiger partial charge in [0.05, 0.1) is 29.5 Å². The van der Waals surface area contributed by atoms with Crippen LogP contribution < -0.4 is 0 Å². The Balaban J connectivity index is 1.74. The van der Waals surface area contributed by atoms with Crippen LogP contribution in [0.1, 0.15) is 47.0 Å². The van der Waals surface area contributed by atoms with Gasteiger partial charge in [0.1, 0.15) is 12.2 Å². The predicted molar refractivity (Wildman–Crippen MR) is 93.7 cm³/mol. The van der Waals surface area contributed by atoms with Crippen LogP contribution in [-0.2, 0) is 28.5 Å². The second-order valence-corrected chi connectivity index (χ2v) is 8.30. The highest BCUT2D eigenvalue weighted by molar-refractivity contribution is 5.93.